The average Bonchev–Trinajstić information content (AvgIpc) is 2.04. The van der Waals surface area contributed by atoms with Gasteiger partial charge in [-0.25, -0.2) is 4.99 Å². The van der Waals surface area contributed by atoms with Gasteiger partial charge < -0.3 is 10.9 Å². The molecule has 0 atom stereocenters. The molecule has 13 heavy (non-hydrogen) atoms. The summed E-state index contributed by atoms with van der Waals surface area (Å²) in [5.41, 5.74) is 5.73. The Bertz CT molecular complexity index is 320. The normalized spacial score (nSPS) is 17.8. The van der Waals surface area contributed by atoms with Crippen LogP contribution in [-0.2, 0) is 4.79 Å². The molecule has 0 spiro atoms. The van der Waals surface area contributed by atoms with Crippen molar-refractivity contribution in [1.82, 2.24) is 0 Å². The summed E-state index contributed by atoms with van der Waals surface area (Å²) >= 11 is 1.36. The molecule has 1 aliphatic rings. The predicted molar refractivity (Wildman–Crippen MR) is 52.1 cm³/mol. The first-order chi connectivity index (χ1) is 6.15. The van der Waals surface area contributed by atoms with Gasteiger partial charge in [-0.3, -0.25) is 4.79 Å². The number of carbonyl (C=O) groups excluding carboxylic acids is 1. The molecule has 0 bridgehead atoms. The van der Waals surface area contributed by atoms with E-state index in [-0.39, 0.29) is 11.5 Å². The van der Waals surface area contributed by atoms with E-state index in [1.807, 2.05) is 0 Å². The molecule has 1 aliphatic heterocycles. The molecule has 0 radical (unpaired) electrons. The fraction of sp³-hybridized carbons (Fsp3) is 0.286. The predicted octanol–water partition coefficient (Wildman–Crippen LogP) is 0.351. The summed E-state index contributed by atoms with van der Waals surface area (Å²) in [6, 6.07) is 0. The van der Waals surface area contributed by atoms with Crippen molar-refractivity contribution < 1.29 is 10.0 Å². The Balaban J connectivity index is 2.95. The Morgan fingerprint density at radius 3 is 3.00 bits per heavy atom. The second kappa shape index (κ2) is 4.08. The summed E-state index contributed by atoms with van der Waals surface area (Å²) in [7, 11) is 0. The maximum Gasteiger partial charge on any atom is 0.183 e. The van der Waals surface area contributed by atoms with E-state index in [0.717, 1.165) is 0 Å². The lowest BCUT2D eigenvalue weighted by Gasteiger charge is -2.07. The van der Waals surface area contributed by atoms with E-state index in [4.69, 9.17) is 10.9 Å². The van der Waals surface area contributed by atoms with Crippen molar-refractivity contribution in [2.45, 2.75) is 6.92 Å². The number of hydrogen-bond acceptors (Lipinski definition) is 6. The van der Waals surface area contributed by atoms with Gasteiger partial charge in [0.05, 0.1) is 5.70 Å². The Kier molecular flexibility index (Phi) is 3.07. The van der Waals surface area contributed by atoms with Crippen LogP contribution in [0.25, 0.3) is 0 Å². The number of aliphatic imine (C=N–C) groups is 1. The zero-order valence-electron chi connectivity index (χ0n) is 7.02. The summed E-state index contributed by atoms with van der Waals surface area (Å²) in [5, 5.41) is 11.8. The van der Waals surface area contributed by atoms with Crippen LogP contribution in [0.4, 0.5) is 0 Å². The van der Waals surface area contributed by atoms with Crippen LogP contribution in [0.3, 0.4) is 0 Å². The number of nitrogens with two attached hydrogens (primary N) is 1. The molecule has 0 aromatic rings. The van der Waals surface area contributed by atoms with Crippen LogP contribution in [0.5, 0.6) is 0 Å². The number of thioether (sulfide) groups is 1. The molecule has 0 aromatic heterocycles. The molecule has 0 saturated carbocycles. The van der Waals surface area contributed by atoms with Crippen molar-refractivity contribution in [3.63, 3.8) is 0 Å². The molecular formula is C7H9N3O2S. The third kappa shape index (κ3) is 2.32. The molecule has 0 unspecified atom stereocenters. The number of oxime groups is 1. The number of Topliss-reactive ketones (excluding diaryl/α,β-unsaturated/α-hetero) is 1. The van der Waals surface area contributed by atoms with E-state index in [0.29, 0.717) is 16.6 Å². The van der Waals surface area contributed by atoms with E-state index in [1.165, 1.54) is 18.7 Å². The first-order valence-electron chi connectivity index (χ1n) is 3.55. The maximum absolute atomic E-state index is 10.9. The third-order valence-corrected chi connectivity index (χ3v) is 2.14. The van der Waals surface area contributed by atoms with Gasteiger partial charge in [0.25, 0.3) is 0 Å². The van der Waals surface area contributed by atoms with E-state index in [9.17, 15) is 4.79 Å². The van der Waals surface area contributed by atoms with E-state index in [1.54, 1.807) is 6.08 Å². The van der Waals surface area contributed by atoms with Gasteiger partial charge in [0.1, 0.15) is 0 Å². The highest BCUT2D eigenvalue weighted by Gasteiger charge is 2.15. The van der Waals surface area contributed by atoms with Gasteiger partial charge in [0.2, 0.25) is 0 Å². The summed E-state index contributed by atoms with van der Waals surface area (Å²) in [4.78, 5) is 14.8. The van der Waals surface area contributed by atoms with Crippen molar-refractivity contribution >= 4 is 28.4 Å². The summed E-state index contributed by atoms with van der Waals surface area (Å²) in [6.45, 7) is 1.31. The number of carbonyl (C=O) groups is 1. The molecule has 0 saturated heterocycles. The SMILES string of the molecule is CC(=O)/C(=N/O)C1=CCSC(N)=N1. The van der Waals surface area contributed by atoms with Crippen LogP contribution >= 0.6 is 11.8 Å². The van der Waals surface area contributed by atoms with Crippen LogP contribution in [0.2, 0.25) is 0 Å². The summed E-state index contributed by atoms with van der Waals surface area (Å²) < 4.78 is 0. The van der Waals surface area contributed by atoms with E-state index >= 15 is 0 Å². The molecule has 0 fully saturated rings. The zero-order chi connectivity index (χ0) is 9.84. The molecular weight excluding hydrogens is 190 g/mol. The summed E-state index contributed by atoms with van der Waals surface area (Å²) in [6.07, 6.45) is 1.69. The summed E-state index contributed by atoms with van der Waals surface area (Å²) in [5.74, 6) is 0.300. The van der Waals surface area contributed by atoms with Crippen LogP contribution in [0, 0.1) is 0 Å². The van der Waals surface area contributed by atoms with Gasteiger partial charge in [0.15, 0.2) is 16.7 Å². The molecule has 5 nitrogen and oxygen atoms in total. The number of rotatable bonds is 2. The van der Waals surface area contributed by atoms with Crippen LogP contribution in [0.15, 0.2) is 21.9 Å². The molecule has 0 amide bonds. The molecule has 6 heteroatoms. The Hall–Kier alpha value is -1.30. The highest BCUT2D eigenvalue weighted by atomic mass is 32.2. The maximum atomic E-state index is 10.9. The van der Waals surface area contributed by atoms with Gasteiger partial charge in [-0.15, -0.1) is 0 Å². The first kappa shape index (κ1) is 9.79. The van der Waals surface area contributed by atoms with Crippen molar-refractivity contribution in [1.29, 1.82) is 0 Å². The second-order valence-corrected chi connectivity index (χ2v) is 3.40. The zero-order valence-corrected chi connectivity index (χ0v) is 7.84. The number of allylic oxidation sites excluding steroid dienone is 1. The number of amidine groups is 1. The van der Waals surface area contributed by atoms with Gasteiger partial charge in [0, 0.05) is 12.7 Å². The fourth-order valence-corrected chi connectivity index (χ4v) is 1.43. The van der Waals surface area contributed by atoms with Crippen LogP contribution in [-0.4, -0.2) is 27.6 Å². The van der Waals surface area contributed by atoms with Gasteiger partial charge in [-0.05, 0) is 6.08 Å². The van der Waals surface area contributed by atoms with E-state index < -0.39 is 0 Å². The van der Waals surface area contributed by atoms with Crippen molar-refractivity contribution in [2.24, 2.45) is 15.9 Å². The van der Waals surface area contributed by atoms with Gasteiger partial charge in [-0.2, -0.15) is 0 Å². The Morgan fingerprint density at radius 2 is 2.54 bits per heavy atom. The minimum absolute atomic E-state index is 0.0525. The fourth-order valence-electron chi connectivity index (χ4n) is 0.854. The monoisotopic (exact) mass is 199 g/mol. The lowest BCUT2D eigenvalue weighted by atomic mass is 10.2. The topological polar surface area (TPSA) is 88.0 Å². The minimum Gasteiger partial charge on any atom is -0.410 e. The minimum atomic E-state index is -0.336. The molecule has 1 heterocycles. The quantitative estimate of drug-likeness (QED) is 0.381. The molecule has 0 aromatic carbocycles. The largest absolute Gasteiger partial charge is 0.410 e. The van der Waals surface area contributed by atoms with Crippen LogP contribution in [0.1, 0.15) is 6.92 Å². The number of hydrogen-bond donors (Lipinski definition) is 2. The Labute approximate surface area is 79.4 Å². The van der Waals surface area contributed by atoms with Gasteiger partial charge >= 0.3 is 0 Å². The van der Waals surface area contributed by atoms with Crippen molar-refractivity contribution in [3.05, 3.63) is 11.8 Å². The standard InChI is InChI=1S/C7H9N3O2S/c1-4(11)6(10-12)5-2-3-13-7(8)9-5/h2,12H,3H2,1H3,(H2,8,9)/b10-6-. The second-order valence-electron chi connectivity index (χ2n) is 2.36. The smallest absolute Gasteiger partial charge is 0.183 e. The van der Waals surface area contributed by atoms with Gasteiger partial charge in [-0.1, -0.05) is 16.9 Å². The van der Waals surface area contributed by atoms with E-state index in [2.05, 4.69) is 10.1 Å². The third-order valence-electron chi connectivity index (χ3n) is 1.41. The average molecular weight is 199 g/mol. The number of ketones is 1. The molecule has 70 valence electrons. The highest BCUT2D eigenvalue weighted by molar-refractivity contribution is 8.13. The highest BCUT2D eigenvalue weighted by Crippen LogP contribution is 2.14. The van der Waals surface area contributed by atoms with Crippen molar-refractivity contribution in [3.8, 4) is 0 Å². The van der Waals surface area contributed by atoms with Crippen LogP contribution < -0.4 is 5.73 Å². The van der Waals surface area contributed by atoms with Crippen molar-refractivity contribution in [2.75, 3.05) is 5.75 Å². The number of nitrogens with zero attached hydrogens (tertiary/aromatic N) is 2. The first-order valence-corrected chi connectivity index (χ1v) is 4.54. The lowest BCUT2D eigenvalue weighted by molar-refractivity contribution is -0.111. The molecule has 1 rings (SSSR count). The Morgan fingerprint density at radius 1 is 1.85 bits per heavy atom. The molecule has 3 N–H and O–H groups in total. The molecule has 0 aliphatic carbocycles. The lowest BCUT2D eigenvalue weighted by Crippen LogP contribution is -2.18.